The molecule has 0 aliphatic carbocycles. The predicted octanol–water partition coefficient (Wildman–Crippen LogP) is 4.50. The fraction of sp³-hybridized carbons (Fsp3) is 0.150. The Morgan fingerprint density at radius 2 is 1.90 bits per heavy atom. The van der Waals surface area contributed by atoms with Gasteiger partial charge in [0.25, 0.3) is 5.91 Å². The molecule has 148 valence electrons. The van der Waals surface area contributed by atoms with Gasteiger partial charge in [-0.15, -0.1) is 0 Å². The van der Waals surface area contributed by atoms with Crippen LogP contribution in [0.25, 0.3) is 17.1 Å². The maximum Gasteiger partial charge on any atom is 0.433 e. The third-order valence-corrected chi connectivity index (χ3v) is 4.37. The third-order valence-electron chi connectivity index (χ3n) is 4.37. The number of carbonyl (C=O) groups excluding carboxylic acids is 1. The van der Waals surface area contributed by atoms with Crippen molar-refractivity contribution >= 4 is 11.6 Å². The summed E-state index contributed by atoms with van der Waals surface area (Å²) in [6, 6.07) is 14.0. The molecule has 3 heterocycles. The lowest BCUT2D eigenvalue weighted by Gasteiger charge is -2.13. The highest BCUT2D eigenvalue weighted by molar-refractivity contribution is 5.93. The zero-order valence-electron chi connectivity index (χ0n) is 15.1. The third kappa shape index (κ3) is 3.71. The van der Waals surface area contributed by atoms with Crippen LogP contribution in [-0.2, 0) is 6.18 Å². The van der Waals surface area contributed by atoms with E-state index < -0.39 is 17.8 Å². The van der Waals surface area contributed by atoms with Crippen LogP contribution < -0.4 is 5.32 Å². The molecule has 4 aromatic rings. The van der Waals surface area contributed by atoms with Crippen LogP contribution in [-0.4, -0.2) is 20.5 Å². The van der Waals surface area contributed by atoms with Crippen molar-refractivity contribution in [2.75, 3.05) is 0 Å². The number of benzene rings is 1. The Balaban J connectivity index is 1.72. The van der Waals surface area contributed by atoms with E-state index in [0.717, 1.165) is 11.6 Å². The number of hydrogen-bond acceptors (Lipinski definition) is 4. The maximum absolute atomic E-state index is 13.6. The normalized spacial score (nSPS) is 12.8. The molecule has 0 saturated heterocycles. The Morgan fingerprint density at radius 3 is 2.55 bits per heavy atom. The topological polar surface area (TPSA) is 72.4 Å². The van der Waals surface area contributed by atoms with Crippen molar-refractivity contribution in [3.63, 3.8) is 0 Å². The summed E-state index contributed by atoms with van der Waals surface area (Å²) < 4.78 is 46.5. The minimum Gasteiger partial charge on any atom is -0.463 e. The highest BCUT2D eigenvalue weighted by Crippen LogP contribution is 2.32. The van der Waals surface area contributed by atoms with Crippen LogP contribution in [0.1, 0.15) is 34.7 Å². The summed E-state index contributed by atoms with van der Waals surface area (Å²) in [6.45, 7) is 1.78. The zero-order valence-corrected chi connectivity index (χ0v) is 15.1. The molecule has 1 N–H and O–H groups in total. The Labute approximate surface area is 163 Å². The van der Waals surface area contributed by atoms with E-state index in [4.69, 9.17) is 4.42 Å². The summed E-state index contributed by atoms with van der Waals surface area (Å²) in [4.78, 5) is 16.7. The standard InChI is InChI=1S/C20H15F3N4O2/c1-12(13-6-3-2-4-7-13)24-19(28)15-11-18-25-14(16-8-5-9-29-16)10-17(20(21,22)23)27(18)26-15/h2-12H,1H3,(H,24,28). The van der Waals surface area contributed by atoms with Gasteiger partial charge >= 0.3 is 6.18 Å². The van der Waals surface area contributed by atoms with Crippen molar-refractivity contribution in [1.29, 1.82) is 0 Å². The van der Waals surface area contributed by atoms with Crippen molar-refractivity contribution in [3.05, 3.63) is 77.8 Å². The van der Waals surface area contributed by atoms with Crippen molar-refractivity contribution in [1.82, 2.24) is 19.9 Å². The summed E-state index contributed by atoms with van der Waals surface area (Å²) in [6.07, 6.45) is -3.35. The smallest absolute Gasteiger partial charge is 0.433 e. The van der Waals surface area contributed by atoms with Crippen LogP contribution >= 0.6 is 0 Å². The van der Waals surface area contributed by atoms with E-state index in [1.165, 1.54) is 18.4 Å². The van der Waals surface area contributed by atoms with E-state index in [2.05, 4.69) is 15.4 Å². The van der Waals surface area contributed by atoms with Gasteiger partial charge in [0.2, 0.25) is 0 Å². The lowest BCUT2D eigenvalue weighted by molar-refractivity contribution is -0.142. The summed E-state index contributed by atoms with van der Waals surface area (Å²) in [5.41, 5.74) is -0.465. The fourth-order valence-electron chi connectivity index (χ4n) is 2.93. The lowest BCUT2D eigenvalue weighted by Crippen LogP contribution is -2.27. The summed E-state index contributed by atoms with van der Waals surface area (Å²) in [7, 11) is 0. The molecular formula is C20H15F3N4O2. The Bertz CT molecular complexity index is 1150. The molecule has 0 radical (unpaired) electrons. The molecule has 0 fully saturated rings. The van der Waals surface area contributed by atoms with Crippen molar-refractivity contribution in [2.24, 2.45) is 0 Å². The molecule has 1 amide bonds. The molecule has 0 saturated carbocycles. The van der Waals surface area contributed by atoms with E-state index in [-0.39, 0.29) is 28.8 Å². The van der Waals surface area contributed by atoms with Crippen LogP contribution in [0.5, 0.6) is 0 Å². The summed E-state index contributed by atoms with van der Waals surface area (Å²) >= 11 is 0. The molecule has 1 atom stereocenters. The number of alkyl halides is 3. The molecule has 9 heteroatoms. The van der Waals surface area contributed by atoms with E-state index >= 15 is 0 Å². The van der Waals surface area contributed by atoms with Gasteiger partial charge in [0.05, 0.1) is 12.3 Å². The number of hydrogen-bond donors (Lipinski definition) is 1. The van der Waals surface area contributed by atoms with Gasteiger partial charge in [0.15, 0.2) is 22.8 Å². The molecule has 0 aliphatic rings. The quantitative estimate of drug-likeness (QED) is 0.548. The second-order valence-corrected chi connectivity index (χ2v) is 6.41. The lowest BCUT2D eigenvalue weighted by atomic mass is 10.1. The van der Waals surface area contributed by atoms with Crippen LogP contribution in [0.3, 0.4) is 0 Å². The summed E-state index contributed by atoms with van der Waals surface area (Å²) in [5, 5.41) is 6.57. The zero-order chi connectivity index (χ0) is 20.6. The average Bonchev–Trinajstić information content (AvgIpc) is 3.36. The highest BCUT2D eigenvalue weighted by atomic mass is 19.4. The molecule has 0 bridgehead atoms. The Morgan fingerprint density at radius 1 is 1.14 bits per heavy atom. The number of halogens is 3. The monoisotopic (exact) mass is 400 g/mol. The van der Waals surface area contributed by atoms with Crippen molar-refractivity contribution < 1.29 is 22.4 Å². The molecule has 1 unspecified atom stereocenters. The first-order valence-electron chi connectivity index (χ1n) is 8.70. The van der Waals surface area contributed by atoms with E-state index in [1.54, 1.807) is 13.0 Å². The number of aromatic nitrogens is 3. The predicted molar refractivity (Wildman–Crippen MR) is 98.0 cm³/mol. The Hall–Kier alpha value is -3.62. The highest BCUT2D eigenvalue weighted by Gasteiger charge is 2.36. The van der Waals surface area contributed by atoms with Gasteiger partial charge in [-0.2, -0.15) is 18.3 Å². The fourth-order valence-corrected chi connectivity index (χ4v) is 2.93. The van der Waals surface area contributed by atoms with Crippen molar-refractivity contribution in [3.8, 4) is 11.5 Å². The van der Waals surface area contributed by atoms with Gasteiger partial charge in [-0.3, -0.25) is 4.79 Å². The minimum absolute atomic E-state index is 0.000614. The van der Waals surface area contributed by atoms with Gasteiger partial charge in [0.1, 0.15) is 5.69 Å². The Kier molecular flexibility index (Phi) is 4.57. The van der Waals surface area contributed by atoms with Crippen LogP contribution in [0.2, 0.25) is 0 Å². The SMILES string of the molecule is CC(NC(=O)c1cc2nc(-c3ccco3)cc(C(F)(F)F)n2n1)c1ccccc1. The van der Waals surface area contributed by atoms with E-state index in [0.29, 0.717) is 4.52 Å². The number of amides is 1. The first kappa shape index (κ1) is 18.7. The van der Waals surface area contributed by atoms with Gasteiger partial charge in [-0.25, -0.2) is 9.50 Å². The second kappa shape index (κ2) is 7.08. The van der Waals surface area contributed by atoms with Gasteiger partial charge in [-0.1, -0.05) is 30.3 Å². The van der Waals surface area contributed by atoms with Crippen molar-refractivity contribution in [2.45, 2.75) is 19.1 Å². The minimum atomic E-state index is -4.69. The van der Waals surface area contributed by atoms with E-state index in [1.807, 2.05) is 30.3 Å². The summed E-state index contributed by atoms with van der Waals surface area (Å²) in [5.74, 6) is -0.414. The van der Waals surface area contributed by atoms with Crippen LogP contribution in [0, 0.1) is 0 Å². The molecule has 6 nitrogen and oxygen atoms in total. The number of nitrogens with zero attached hydrogens (tertiary/aromatic N) is 3. The number of carbonyl (C=O) groups is 1. The van der Waals surface area contributed by atoms with Crippen LogP contribution in [0.15, 0.2) is 65.3 Å². The van der Waals surface area contributed by atoms with Gasteiger partial charge < -0.3 is 9.73 Å². The first-order chi connectivity index (χ1) is 13.8. The number of nitrogens with one attached hydrogen (secondary N) is 1. The molecule has 4 rings (SSSR count). The molecule has 1 aromatic carbocycles. The molecular weight excluding hydrogens is 385 g/mol. The molecule has 3 aromatic heterocycles. The number of fused-ring (bicyclic) bond motifs is 1. The van der Waals surface area contributed by atoms with Gasteiger partial charge in [0, 0.05) is 6.07 Å². The van der Waals surface area contributed by atoms with E-state index in [9.17, 15) is 18.0 Å². The maximum atomic E-state index is 13.6. The molecule has 0 spiro atoms. The molecule has 29 heavy (non-hydrogen) atoms. The number of rotatable bonds is 4. The second-order valence-electron chi connectivity index (χ2n) is 6.41. The average molecular weight is 400 g/mol. The first-order valence-corrected chi connectivity index (χ1v) is 8.70. The van der Waals surface area contributed by atoms with Crippen LogP contribution in [0.4, 0.5) is 13.2 Å². The van der Waals surface area contributed by atoms with Gasteiger partial charge in [-0.05, 0) is 30.7 Å². The largest absolute Gasteiger partial charge is 0.463 e. The molecule has 0 aliphatic heterocycles. The number of furan rings is 1.